The van der Waals surface area contributed by atoms with Crippen LogP contribution in [0.15, 0.2) is 11.5 Å². The minimum absolute atomic E-state index is 0.278. The lowest BCUT2D eigenvalue weighted by Crippen LogP contribution is -2.09. The second-order valence-electron chi connectivity index (χ2n) is 2.14. The van der Waals surface area contributed by atoms with Gasteiger partial charge in [-0.1, -0.05) is 6.92 Å². The summed E-state index contributed by atoms with van der Waals surface area (Å²) in [5.41, 5.74) is 0. The lowest BCUT2D eigenvalue weighted by Gasteiger charge is -2.12. The predicted molar refractivity (Wildman–Crippen MR) is 40.4 cm³/mol. The van der Waals surface area contributed by atoms with Gasteiger partial charge in [-0.3, -0.25) is 4.79 Å². The molecule has 9 heavy (non-hydrogen) atoms. The number of hydrogen-bond acceptors (Lipinski definition) is 2. The number of carbonyl (C=O) groups is 1. The fraction of sp³-hybridized carbons (Fsp3) is 0.571. The number of carbonyl (C=O) groups excluding carboxylic acids is 1. The van der Waals surface area contributed by atoms with Gasteiger partial charge in [-0.15, -0.1) is 11.8 Å². The maximum absolute atomic E-state index is 10.7. The van der Waals surface area contributed by atoms with Gasteiger partial charge in [-0.2, -0.15) is 0 Å². The monoisotopic (exact) mass is 142 g/mol. The molecule has 1 unspecified atom stereocenters. The van der Waals surface area contributed by atoms with Crippen molar-refractivity contribution in [3.05, 3.63) is 11.5 Å². The summed E-state index contributed by atoms with van der Waals surface area (Å²) in [4.78, 5) is 10.7. The fourth-order valence-electron chi connectivity index (χ4n) is 0.807. The standard InChI is InChI=1S/C7H10OS/c1-2-7-5-6(8)3-4-9-7/h3-4,7H,2,5H2,1H3. The van der Waals surface area contributed by atoms with E-state index in [9.17, 15) is 4.79 Å². The third kappa shape index (κ3) is 1.86. The molecule has 50 valence electrons. The molecule has 1 nitrogen and oxygen atoms in total. The summed E-state index contributed by atoms with van der Waals surface area (Å²) in [6.07, 6.45) is 3.50. The van der Waals surface area contributed by atoms with Crippen LogP contribution in [0.2, 0.25) is 0 Å². The van der Waals surface area contributed by atoms with Crippen LogP contribution in [0.5, 0.6) is 0 Å². The summed E-state index contributed by atoms with van der Waals surface area (Å²) in [5, 5.41) is 2.45. The Hall–Kier alpha value is -0.240. The molecule has 0 saturated carbocycles. The molecule has 1 heterocycles. The highest BCUT2D eigenvalue weighted by molar-refractivity contribution is 8.02. The Balaban J connectivity index is 2.47. The minimum atomic E-state index is 0.278. The first-order valence-corrected chi connectivity index (χ1v) is 4.12. The van der Waals surface area contributed by atoms with Crippen LogP contribution in [0.4, 0.5) is 0 Å². The number of rotatable bonds is 1. The molecule has 0 aliphatic carbocycles. The highest BCUT2D eigenvalue weighted by Crippen LogP contribution is 2.23. The Morgan fingerprint density at radius 2 is 2.67 bits per heavy atom. The first-order chi connectivity index (χ1) is 4.33. The van der Waals surface area contributed by atoms with Crippen molar-refractivity contribution in [3.8, 4) is 0 Å². The average Bonchev–Trinajstić information content (AvgIpc) is 1.88. The van der Waals surface area contributed by atoms with Crippen LogP contribution in [0.1, 0.15) is 19.8 Å². The molecule has 1 rings (SSSR count). The molecule has 0 aromatic carbocycles. The van der Waals surface area contributed by atoms with E-state index < -0.39 is 0 Å². The van der Waals surface area contributed by atoms with E-state index in [1.807, 2.05) is 5.41 Å². The molecular weight excluding hydrogens is 132 g/mol. The number of hydrogen-bond donors (Lipinski definition) is 0. The Labute approximate surface area is 59.5 Å². The summed E-state index contributed by atoms with van der Waals surface area (Å²) in [5.74, 6) is 0.278. The quantitative estimate of drug-likeness (QED) is 0.557. The zero-order chi connectivity index (χ0) is 6.69. The van der Waals surface area contributed by atoms with Gasteiger partial charge < -0.3 is 0 Å². The van der Waals surface area contributed by atoms with E-state index in [0.29, 0.717) is 5.25 Å². The highest BCUT2D eigenvalue weighted by Gasteiger charge is 2.12. The predicted octanol–water partition coefficient (Wildman–Crippen LogP) is 1.98. The smallest absolute Gasteiger partial charge is 0.157 e. The maximum atomic E-state index is 10.7. The summed E-state index contributed by atoms with van der Waals surface area (Å²) in [6.45, 7) is 2.12. The Morgan fingerprint density at radius 3 is 3.11 bits per heavy atom. The van der Waals surface area contributed by atoms with Gasteiger partial charge in [0.05, 0.1) is 0 Å². The molecule has 1 atom stereocenters. The van der Waals surface area contributed by atoms with E-state index in [1.165, 1.54) is 0 Å². The van der Waals surface area contributed by atoms with Crippen molar-refractivity contribution in [3.63, 3.8) is 0 Å². The Bertz CT molecular complexity index is 140. The Kier molecular flexibility index (Phi) is 2.34. The average molecular weight is 142 g/mol. The summed E-state index contributed by atoms with van der Waals surface area (Å²) in [7, 11) is 0. The van der Waals surface area contributed by atoms with Crippen molar-refractivity contribution >= 4 is 17.5 Å². The normalized spacial score (nSPS) is 26.8. The molecule has 0 fully saturated rings. The van der Waals surface area contributed by atoms with E-state index in [2.05, 4.69) is 6.92 Å². The van der Waals surface area contributed by atoms with Gasteiger partial charge in [-0.25, -0.2) is 0 Å². The van der Waals surface area contributed by atoms with E-state index in [0.717, 1.165) is 12.8 Å². The first-order valence-electron chi connectivity index (χ1n) is 3.17. The van der Waals surface area contributed by atoms with Crippen molar-refractivity contribution in [2.24, 2.45) is 0 Å². The lowest BCUT2D eigenvalue weighted by molar-refractivity contribution is -0.114. The van der Waals surface area contributed by atoms with Gasteiger partial charge in [0.15, 0.2) is 5.78 Å². The van der Waals surface area contributed by atoms with Crippen LogP contribution in [0, 0.1) is 0 Å². The van der Waals surface area contributed by atoms with E-state index in [-0.39, 0.29) is 5.78 Å². The maximum Gasteiger partial charge on any atom is 0.157 e. The largest absolute Gasteiger partial charge is 0.295 e. The molecule has 0 saturated heterocycles. The van der Waals surface area contributed by atoms with Crippen LogP contribution < -0.4 is 0 Å². The summed E-state index contributed by atoms with van der Waals surface area (Å²) in [6, 6.07) is 0. The van der Waals surface area contributed by atoms with Gasteiger partial charge in [0.1, 0.15) is 0 Å². The second-order valence-corrected chi connectivity index (χ2v) is 3.35. The number of allylic oxidation sites excluding steroid dienone is 1. The van der Waals surface area contributed by atoms with Crippen LogP contribution in [0.25, 0.3) is 0 Å². The van der Waals surface area contributed by atoms with Gasteiger partial charge in [0.25, 0.3) is 0 Å². The fourth-order valence-corrected chi connectivity index (χ4v) is 1.71. The van der Waals surface area contributed by atoms with E-state index >= 15 is 0 Å². The van der Waals surface area contributed by atoms with Gasteiger partial charge in [-0.05, 0) is 17.9 Å². The van der Waals surface area contributed by atoms with Crippen LogP contribution in [0.3, 0.4) is 0 Å². The zero-order valence-corrected chi connectivity index (χ0v) is 6.28. The summed E-state index contributed by atoms with van der Waals surface area (Å²) < 4.78 is 0. The minimum Gasteiger partial charge on any atom is -0.295 e. The van der Waals surface area contributed by atoms with Crippen molar-refractivity contribution in [2.75, 3.05) is 0 Å². The van der Waals surface area contributed by atoms with Crippen LogP contribution >= 0.6 is 11.8 Å². The van der Waals surface area contributed by atoms with Gasteiger partial charge in [0, 0.05) is 11.7 Å². The van der Waals surface area contributed by atoms with Crippen molar-refractivity contribution in [1.82, 2.24) is 0 Å². The molecule has 0 bridgehead atoms. The molecule has 2 heteroatoms. The zero-order valence-electron chi connectivity index (χ0n) is 5.46. The number of ketones is 1. The summed E-state index contributed by atoms with van der Waals surface area (Å²) >= 11 is 1.77. The third-order valence-corrected chi connectivity index (χ3v) is 2.59. The van der Waals surface area contributed by atoms with Crippen LogP contribution in [-0.2, 0) is 4.79 Å². The molecule has 0 spiro atoms. The van der Waals surface area contributed by atoms with Gasteiger partial charge >= 0.3 is 0 Å². The Morgan fingerprint density at radius 1 is 1.89 bits per heavy atom. The van der Waals surface area contributed by atoms with Crippen molar-refractivity contribution in [2.45, 2.75) is 25.0 Å². The molecule has 0 radical (unpaired) electrons. The molecule has 0 aromatic rings. The topological polar surface area (TPSA) is 17.1 Å². The van der Waals surface area contributed by atoms with Crippen LogP contribution in [-0.4, -0.2) is 11.0 Å². The molecule has 0 aromatic heterocycles. The molecule has 0 N–H and O–H groups in total. The molecule has 1 aliphatic rings. The van der Waals surface area contributed by atoms with Crippen molar-refractivity contribution in [1.29, 1.82) is 0 Å². The second kappa shape index (κ2) is 3.06. The SMILES string of the molecule is CCC1CC(=O)C=CS1. The van der Waals surface area contributed by atoms with Gasteiger partial charge in [0.2, 0.25) is 0 Å². The highest BCUT2D eigenvalue weighted by atomic mass is 32.2. The lowest BCUT2D eigenvalue weighted by atomic mass is 10.2. The van der Waals surface area contributed by atoms with E-state index in [4.69, 9.17) is 0 Å². The first kappa shape index (κ1) is 6.87. The molecule has 0 amide bonds. The molecule has 1 aliphatic heterocycles. The third-order valence-electron chi connectivity index (χ3n) is 1.41. The van der Waals surface area contributed by atoms with Crippen molar-refractivity contribution < 1.29 is 4.79 Å². The molecular formula is C7H10OS. The van der Waals surface area contributed by atoms with E-state index in [1.54, 1.807) is 17.8 Å². The number of thioether (sulfide) groups is 1.